The zero-order valence-electron chi connectivity index (χ0n) is 27.5. The second kappa shape index (κ2) is 17.6. The molecule has 0 radical (unpaired) electrons. The molecule has 2 heterocycles. The van der Waals surface area contributed by atoms with E-state index in [0.29, 0.717) is 29.5 Å². The first kappa shape index (κ1) is 34.1. The fourth-order valence-corrected chi connectivity index (χ4v) is 6.71. The summed E-state index contributed by atoms with van der Waals surface area (Å²) in [5.74, 6) is 0.997. The highest BCUT2D eigenvalue weighted by Gasteiger charge is 2.16. The van der Waals surface area contributed by atoms with Gasteiger partial charge in [-0.2, -0.15) is 0 Å². The number of nitrogens with zero attached hydrogens (tertiary/aromatic N) is 3. The predicted octanol–water partition coefficient (Wildman–Crippen LogP) is 7.72. The number of ether oxygens (including phenoxy) is 2. The topological polar surface area (TPSA) is 85.7 Å². The van der Waals surface area contributed by atoms with Crippen molar-refractivity contribution in [3.8, 4) is 16.9 Å². The Labute approximate surface area is 281 Å². The van der Waals surface area contributed by atoms with E-state index in [0.717, 1.165) is 79.3 Å². The Morgan fingerprint density at radius 3 is 2.45 bits per heavy atom. The van der Waals surface area contributed by atoms with E-state index in [4.69, 9.17) is 9.47 Å². The quantitative estimate of drug-likeness (QED) is 0.0927. The van der Waals surface area contributed by atoms with Crippen molar-refractivity contribution in [1.29, 1.82) is 0 Å². The summed E-state index contributed by atoms with van der Waals surface area (Å²) in [5.41, 5.74) is 5.89. The second-order valence-corrected chi connectivity index (χ2v) is 13.2. The average Bonchev–Trinajstić information content (AvgIpc) is 3.79. The number of unbranched alkanes of at least 4 members (excludes halogenated alkanes) is 1. The molecule has 0 aliphatic carbocycles. The first-order valence-corrected chi connectivity index (χ1v) is 18.0. The molecule has 1 aliphatic heterocycles. The number of anilines is 2. The van der Waals surface area contributed by atoms with Gasteiger partial charge in [-0.3, -0.25) is 9.00 Å². The highest BCUT2D eigenvalue weighted by Crippen LogP contribution is 2.31. The summed E-state index contributed by atoms with van der Waals surface area (Å²) in [6, 6.07) is 21.8. The van der Waals surface area contributed by atoms with Crippen molar-refractivity contribution in [2.75, 3.05) is 43.1 Å². The van der Waals surface area contributed by atoms with E-state index in [1.807, 2.05) is 34.9 Å². The molecule has 1 saturated heterocycles. The van der Waals surface area contributed by atoms with E-state index < -0.39 is 10.8 Å². The molecule has 8 nitrogen and oxygen atoms in total. The molecule has 248 valence electrons. The molecular formula is C38H46N4O4S. The van der Waals surface area contributed by atoms with Gasteiger partial charge < -0.3 is 24.3 Å². The van der Waals surface area contributed by atoms with Crippen LogP contribution in [0, 0.1) is 0 Å². The van der Waals surface area contributed by atoms with E-state index >= 15 is 0 Å². The van der Waals surface area contributed by atoms with E-state index in [2.05, 4.69) is 59.4 Å². The maximum atomic E-state index is 13.0. The second-order valence-electron chi connectivity index (χ2n) is 11.7. The first-order valence-electron chi connectivity index (χ1n) is 16.7. The summed E-state index contributed by atoms with van der Waals surface area (Å²) < 4.78 is 26.5. The lowest BCUT2D eigenvalue weighted by atomic mass is 10.0. The third-order valence-corrected chi connectivity index (χ3v) is 9.50. The number of imidazole rings is 1. The summed E-state index contributed by atoms with van der Waals surface area (Å²) in [6.45, 7) is 9.02. The maximum Gasteiger partial charge on any atom is 0.248 e. The summed E-state index contributed by atoms with van der Waals surface area (Å²) in [7, 11) is -1.21. The Bertz CT molecular complexity index is 1630. The van der Waals surface area contributed by atoms with E-state index in [1.54, 1.807) is 30.7 Å². The van der Waals surface area contributed by atoms with Crippen molar-refractivity contribution in [1.82, 2.24) is 9.55 Å². The van der Waals surface area contributed by atoms with Gasteiger partial charge in [0.25, 0.3) is 0 Å². The van der Waals surface area contributed by atoms with Gasteiger partial charge in [0.1, 0.15) is 12.4 Å². The number of carbonyl (C=O) groups excluding carboxylic acids is 1. The largest absolute Gasteiger partial charge is 0.491 e. The Morgan fingerprint density at radius 1 is 0.936 bits per heavy atom. The van der Waals surface area contributed by atoms with Crippen LogP contribution in [0.15, 0.2) is 90.2 Å². The molecule has 1 N–H and O–H groups in total. The van der Waals surface area contributed by atoms with Gasteiger partial charge in [-0.25, -0.2) is 4.98 Å². The molecule has 0 saturated carbocycles. The molecule has 47 heavy (non-hydrogen) atoms. The SMILES string of the molecule is CCCCOCCOc1ccc(-c2ccc(N3CCCC3)c(/C=C/C(=O)Nc3ccc([S@@](=O)Cc4cncn4CCC)cc3)c2)cc1. The fourth-order valence-electron chi connectivity index (χ4n) is 5.59. The lowest BCUT2D eigenvalue weighted by Crippen LogP contribution is -2.18. The highest BCUT2D eigenvalue weighted by atomic mass is 32.2. The normalized spacial score (nSPS) is 13.7. The third kappa shape index (κ3) is 9.89. The van der Waals surface area contributed by atoms with Gasteiger partial charge >= 0.3 is 0 Å². The van der Waals surface area contributed by atoms with E-state index in [9.17, 15) is 9.00 Å². The molecule has 1 amide bonds. The van der Waals surface area contributed by atoms with Crippen LogP contribution in [0.1, 0.15) is 57.2 Å². The maximum absolute atomic E-state index is 13.0. The number of carbonyl (C=O) groups is 1. The number of amides is 1. The number of hydrogen-bond donors (Lipinski definition) is 1. The van der Waals surface area contributed by atoms with Crippen LogP contribution in [0.3, 0.4) is 0 Å². The zero-order valence-corrected chi connectivity index (χ0v) is 28.3. The van der Waals surface area contributed by atoms with Gasteiger partial charge in [-0.05, 0) is 97.0 Å². The molecule has 3 aromatic carbocycles. The average molecular weight is 655 g/mol. The third-order valence-electron chi connectivity index (χ3n) is 8.14. The van der Waals surface area contributed by atoms with E-state index in [1.165, 1.54) is 12.8 Å². The van der Waals surface area contributed by atoms with Crippen LogP contribution in [0.4, 0.5) is 11.4 Å². The van der Waals surface area contributed by atoms with Crippen molar-refractivity contribution in [2.24, 2.45) is 0 Å². The van der Waals surface area contributed by atoms with Crippen LogP contribution < -0.4 is 15.0 Å². The minimum Gasteiger partial charge on any atom is -0.491 e. The highest BCUT2D eigenvalue weighted by molar-refractivity contribution is 7.84. The number of nitrogens with one attached hydrogen (secondary N) is 1. The Balaban J connectivity index is 1.22. The molecular weight excluding hydrogens is 609 g/mol. The molecule has 0 bridgehead atoms. The molecule has 1 atom stereocenters. The lowest BCUT2D eigenvalue weighted by molar-refractivity contribution is -0.111. The summed E-state index contributed by atoms with van der Waals surface area (Å²) in [6.07, 6.45) is 12.6. The lowest BCUT2D eigenvalue weighted by Gasteiger charge is -2.21. The zero-order chi connectivity index (χ0) is 32.8. The molecule has 1 aromatic heterocycles. The van der Waals surface area contributed by atoms with Gasteiger partial charge in [0.15, 0.2) is 0 Å². The fraction of sp³-hybridized carbons (Fsp3) is 0.368. The van der Waals surface area contributed by atoms with Crippen molar-refractivity contribution < 1.29 is 18.5 Å². The van der Waals surface area contributed by atoms with Gasteiger partial charge in [0.2, 0.25) is 5.91 Å². The van der Waals surface area contributed by atoms with Gasteiger partial charge in [0, 0.05) is 54.8 Å². The van der Waals surface area contributed by atoms with Crippen LogP contribution in [0.5, 0.6) is 5.75 Å². The summed E-state index contributed by atoms with van der Waals surface area (Å²) in [4.78, 5) is 20.3. The summed E-state index contributed by atoms with van der Waals surface area (Å²) >= 11 is 0. The van der Waals surface area contributed by atoms with Crippen LogP contribution >= 0.6 is 0 Å². The molecule has 5 rings (SSSR count). The number of aromatic nitrogens is 2. The number of rotatable bonds is 17. The summed E-state index contributed by atoms with van der Waals surface area (Å²) in [5, 5.41) is 2.95. The van der Waals surface area contributed by atoms with Crippen LogP contribution in [-0.2, 0) is 32.6 Å². The Kier molecular flexibility index (Phi) is 12.8. The Morgan fingerprint density at radius 2 is 1.70 bits per heavy atom. The monoisotopic (exact) mass is 654 g/mol. The van der Waals surface area contributed by atoms with Crippen molar-refractivity contribution in [2.45, 2.75) is 63.1 Å². The van der Waals surface area contributed by atoms with Gasteiger partial charge in [-0.1, -0.05) is 38.5 Å². The van der Waals surface area contributed by atoms with Crippen LogP contribution in [-0.4, -0.2) is 52.6 Å². The van der Waals surface area contributed by atoms with Gasteiger partial charge in [0.05, 0.1) is 35.2 Å². The van der Waals surface area contributed by atoms with Crippen molar-refractivity contribution in [3.63, 3.8) is 0 Å². The molecule has 0 spiro atoms. The van der Waals surface area contributed by atoms with Crippen LogP contribution in [0.25, 0.3) is 17.2 Å². The number of hydrogen-bond acceptors (Lipinski definition) is 6. The van der Waals surface area contributed by atoms with Gasteiger partial charge in [-0.15, -0.1) is 0 Å². The first-order chi connectivity index (χ1) is 23.0. The standard InChI is InChI=1S/C38H46N4O4S/c1-3-5-23-45-24-25-46-35-14-8-30(9-15-35)31-10-18-37(41-21-6-7-22-41)32(26-31)11-19-38(43)40-33-12-16-36(17-13-33)47(44)28-34-27-39-29-42(34)20-4-2/h8-19,26-27,29H,3-7,20-25,28H2,1-2H3,(H,40,43)/b19-11+/t47-/m0/s1. The van der Waals surface area contributed by atoms with Crippen LogP contribution in [0.2, 0.25) is 0 Å². The van der Waals surface area contributed by atoms with Crippen molar-refractivity contribution >= 4 is 34.2 Å². The minimum atomic E-state index is -1.21. The van der Waals surface area contributed by atoms with E-state index in [-0.39, 0.29) is 5.91 Å². The molecule has 9 heteroatoms. The Hall–Kier alpha value is -4.21. The number of aryl methyl sites for hydroxylation is 1. The van der Waals surface area contributed by atoms with Crippen molar-refractivity contribution in [3.05, 3.63) is 96.6 Å². The molecule has 1 aliphatic rings. The molecule has 0 unspecified atom stereocenters. The molecule has 4 aromatic rings. The molecule has 1 fully saturated rings. The predicted molar refractivity (Wildman–Crippen MR) is 191 cm³/mol. The number of benzene rings is 3. The smallest absolute Gasteiger partial charge is 0.248 e. The minimum absolute atomic E-state index is 0.222.